The molecule has 0 aliphatic rings. The molecule has 2 N–H and O–H groups in total. The fourth-order valence-electron chi connectivity index (χ4n) is 1.42. The lowest BCUT2D eigenvalue weighted by Gasteiger charge is -2.34. The smallest absolute Gasteiger partial charge is 0.368 e. The van der Waals surface area contributed by atoms with Crippen molar-refractivity contribution in [3.63, 3.8) is 0 Å². The first-order valence-electron chi connectivity index (χ1n) is 5.81. The van der Waals surface area contributed by atoms with E-state index in [4.69, 9.17) is 5.11 Å². The van der Waals surface area contributed by atoms with Gasteiger partial charge < -0.3 is 10.4 Å². The summed E-state index contributed by atoms with van der Waals surface area (Å²) < 4.78 is 102. The highest BCUT2D eigenvalue weighted by molar-refractivity contribution is 5.94. The molecule has 0 saturated heterocycles. The summed E-state index contributed by atoms with van der Waals surface area (Å²) in [7, 11) is 0. The molecule has 0 heterocycles. The number of rotatable bonds is 6. The van der Waals surface area contributed by atoms with E-state index in [0.29, 0.717) is 0 Å². The van der Waals surface area contributed by atoms with Gasteiger partial charge in [0.2, 0.25) is 0 Å². The van der Waals surface area contributed by atoms with Crippen LogP contribution in [0.15, 0.2) is 30.3 Å². The number of amides is 1. The Hall–Kier alpha value is -1.91. The maximum absolute atomic E-state index is 13.3. The summed E-state index contributed by atoms with van der Waals surface area (Å²) in [4.78, 5) is 11.4. The van der Waals surface area contributed by atoms with Gasteiger partial charge in [0.05, 0.1) is 0 Å². The predicted octanol–water partition coefficient (Wildman–Crippen LogP) is 2.91. The van der Waals surface area contributed by atoms with Crippen LogP contribution in [-0.2, 0) is 0 Å². The molecule has 0 saturated carbocycles. The Bertz CT molecular complexity index is 549. The minimum Gasteiger partial charge on any atom is -0.368 e. The normalized spacial score (nSPS) is 14.7. The van der Waals surface area contributed by atoms with Crippen molar-refractivity contribution in [3.05, 3.63) is 35.9 Å². The Labute approximate surface area is 123 Å². The van der Waals surface area contributed by atoms with Gasteiger partial charge in [0.15, 0.2) is 6.23 Å². The zero-order valence-corrected chi connectivity index (χ0v) is 10.9. The van der Waals surface area contributed by atoms with E-state index < -0.39 is 36.3 Å². The maximum atomic E-state index is 13.3. The maximum Gasteiger partial charge on any atom is 0.382 e. The molecule has 11 heteroatoms. The van der Waals surface area contributed by atoms with Crippen LogP contribution in [0.3, 0.4) is 0 Å². The van der Waals surface area contributed by atoms with Crippen LogP contribution in [0.4, 0.5) is 35.1 Å². The summed E-state index contributed by atoms with van der Waals surface area (Å²) in [5.41, 5.74) is -0.355. The number of aliphatic hydroxyl groups excluding tert-OH is 1. The lowest BCUT2D eigenvalue weighted by molar-refractivity contribution is -0.357. The fourth-order valence-corrected chi connectivity index (χ4v) is 1.42. The van der Waals surface area contributed by atoms with Crippen molar-refractivity contribution in [2.24, 2.45) is 0 Å². The summed E-state index contributed by atoms with van der Waals surface area (Å²) in [6, 6.07) is 6.04. The molecular formula is C12H9F8NO2. The zero-order valence-electron chi connectivity index (χ0n) is 10.9. The van der Waals surface area contributed by atoms with Crippen LogP contribution in [-0.4, -0.2) is 41.4 Å². The number of nitrogens with one attached hydrogen (secondary N) is 1. The Balaban J connectivity index is 3.01. The third-order valence-corrected chi connectivity index (χ3v) is 2.76. The molecular weight excluding hydrogens is 342 g/mol. The van der Waals surface area contributed by atoms with Crippen LogP contribution >= 0.6 is 0 Å². The van der Waals surface area contributed by atoms with Gasteiger partial charge in [0.1, 0.15) is 0 Å². The van der Waals surface area contributed by atoms with Crippen LogP contribution in [0.2, 0.25) is 0 Å². The first kappa shape index (κ1) is 19.1. The van der Waals surface area contributed by atoms with Gasteiger partial charge in [-0.25, -0.2) is 8.78 Å². The van der Waals surface area contributed by atoms with Gasteiger partial charge >= 0.3 is 24.2 Å². The van der Waals surface area contributed by atoms with Crippen LogP contribution in [0, 0.1) is 0 Å². The molecule has 130 valence electrons. The highest BCUT2D eigenvalue weighted by atomic mass is 19.4. The molecule has 1 amide bonds. The largest absolute Gasteiger partial charge is 0.382 e. The second kappa shape index (κ2) is 6.30. The van der Waals surface area contributed by atoms with Crippen molar-refractivity contribution in [3.8, 4) is 0 Å². The summed E-state index contributed by atoms with van der Waals surface area (Å²) in [5.74, 6) is -20.6. The fraction of sp³-hybridized carbons (Fsp3) is 0.417. The number of carbonyl (C=O) groups is 1. The van der Waals surface area contributed by atoms with Crippen LogP contribution in [0.1, 0.15) is 10.4 Å². The van der Waals surface area contributed by atoms with Crippen molar-refractivity contribution < 1.29 is 45.0 Å². The summed E-state index contributed by atoms with van der Waals surface area (Å²) in [6.45, 7) is 0. The molecule has 1 aromatic rings. The quantitative estimate of drug-likeness (QED) is 0.612. The Kier molecular flexibility index (Phi) is 5.24. The summed E-state index contributed by atoms with van der Waals surface area (Å²) >= 11 is 0. The molecule has 0 fully saturated rings. The molecule has 0 unspecified atom stereocenters. The summed E-state index contributed by atoms with van der Waals surface area (Å²) in [5, 5.41) is 9.91. The van der Waals surface area contributed by atoms with Gasteiger partial charge in [-0.15, -0.1) is 0 Å². The number of halogens is 8. The molecule has 1 aromatic carbocycles. The number of hydrogen-bond acceptors (Lipinski definition) is 2. The van der Waals surface area contributed by atoms with E-state index in [-0.39, 0.29) is 5.56 Å². The lowest BCUT2D eigenvalue weighted by atomic mass is 10.0. The Morgan fingerprint density at radius 1 is 0.957 bits per heavy atom. The monoisotopic (exact) mass is 351 g/mol. The predicted molar refractivity (Wildman–Crippen MR) is 60.8 cm³/mol. The molecule has 23 heavy (non-hydrogen) atoms. The van der Waals surface area contributed by atoms with Gasteiger partial charge in [-0.05, 0) is 12.1 Å². The van der Waals surface area contributed by atoms with E-state index >= 15 is 0 Å². The highest BCUT2D eigenvalue weighted by Gasteiger charge is 2.77. The molecule has 1 atom stereocenters. The van der Waals surface area contributed by atoms with E-state index in [1.54, 1.807) is 0 Å². The lowest BCUT2D eigenvalue weighted by Crippen LogP contribution is -2.65. The van der Waals surface area contributed by atoms with Gasteiger partial charge in [0.25, 0.3) is 5.91 Å². The molecule has 0 aromatic heterocycles. The average molecular weight is 351 g/mol. The van der Waals surface area contributed by atoms with E-state index in [2.05, 4.69) is 0 Å². The minimum absolute atomic E-state index is 0.355. The van der Waals surface area contributed by atoms with Gasteiger partial charge in [0, 0.05) is 5.56 Å². The molecule has 0 aliphatic carbocycles. The number of aliphatic hydroxyl groups is 1. The van der Waals surface area contributed by atoms with E-state index in [1.807, 2.05) is 0 Å². The standard InChI is InChI=1S/C12H9F8NO2/c13-8(14)10(15,16)12(19,20)11(17,18)9(23)21-7(22)6-4-2-1-3-5-6/h1-5,8-9,23H,(H,21,22)/t9-/m1/s1. The van der Waals surface area contributed by atoms with Crippen LogP contribution < -0.4 is 5.32 Å². The van der Waals surface area contributed by atoms with E-state index in [0.717, 1.165) is 17.4 Å². The third-order valence-electron chi connectivity index (χ3n) is 2.76. The van der Waals surface area contributed by atoms with Crippen LogP contribution in [0.5, 0.6) is 0 Å². The highest BCUT2D eigenvalue weighted by Crippen LogP contribution is 2.49. The van der Waals surface area contributed by atoms with Gasteiger partial charge in [-0.2, -0.15) is 26.3 Å². The number of alkyl halides is 8. The molecule has 1 rings (SSSR count). The minimum atomic E-state index is -6.61. The van der Waals surface area contributed by atoms with E-state index in [9.17, 15) is 39.9 Å². The topological polar surface area (TPSA) is 49.3 Å². The SMILES string of the molecule is O=C(N[C@H](O)C(F)(F)C(F)(F)C(F)(F)C(F)F)c1ccccc1. The van der Waals surface area contributed by atoms with Gasteiger partial charge in [-0.1, -0.05) is 18.2 Å². The van der Waals surface area contributed by atoms with Crippen molar-refractivity contribution in [2.75, 3.05) is 0 Å². The van der Waals surface area contributed by atoms with Crippen molar-refractivity contribution in [1.82, 2.24) is 5.32 Å². The molecule has 0 aliphatic heterocycles. The molecule has 0 bridgehead atoms. The first-order chi connectivity index (χ1) is 10.4. The zero-order chi connectivity index (χ0) is 18.1. The molecule has 0 spiro atoms. The third kappa shape index (κ3) is 3.38. The van der Waals surface area contributed by atoms with Crippen molar-refractivity contribution in [1.29, 1.82) is 0 Å². The number of benzene rings is 1. The average Bonchev–Trinajstić information content (AvgIpc) is 2.47. The second-order valence-corrected chi connectivity index (χ2v) is 4.36. The Morgan fingerprint density at radius 3 is 1.87 bits per heavy atom. The van der Waals surface area contributed by atoms with Crippen LogP contribution in [0.25, 0.3) is 0 Å². The second-order valence-electron chi connectivity index (χ2n) is 4.36. The first-order valence-corrected chi connectivity index (χ1v) is 5.81. The number of hydrogen-bond donors (Lipinski definition) is 2. The molecule has 0 radical (unpaired) electrons. The molecule has 3 nitrogen and oxygen atoms in total. The number of carbonyl (C=O) groups excluding carboxylic acids is 1. The Morgan fingerprint density at radius 2 is 1.43 bits per heavy atom. The van der Waals surface area contributed by atoms with Crippen molar-refractivity contribution >= 4 is 5.91 Å². The summed E-state index contributed by atoms with van der Waals surface area (Å²) in [6.07, 6.45) is -8.93. The van der Waals surface area contributed by atoms with Crippen molar-refractivity contribution in [2.45, 2.75) is 30.4 Å². The van der Waals surface area contributed by atoms with E-state index in [1.165, 1.54) is 18.2 Å². The van der Waals surface area contributed by atoms with Gasteiger partial charge in [-0.3, -0.25) is 4.79 Å².